The molecule has 0 saturated carbocycles. The molecule has 0 bridgehead atoms. The van der Waals surface area contributed by atoms with E-state index in [1.807, 2.05) is 6.92 Å². The highest BCUT2D eigenvalue weighted by molar-refractivity contribution is 5.81. The van der Waals surface area contributed by atoms with E-state index in [0.29, 0.717) is 0 Å². The molecule has 0 aliphatic heterocycles. The highest BCUT2D eigenvalue weighted by Crippen LogP contribution is 2.38. The van der Waals surface area contributed by atoms with Gasteiger partial charge < -0.3 is 9.80 Å². The second-order valence-corrected chi connectivity index (χ2v) is 10.9. The van der Waals surface area contributed by atoms with E-state index in [4.69, 9.17) is 0 Å². The van der Waals surface area contributed by atoms with Crippen molar-refractivity contribution in [3.8, 4) is 11.1 Å². The molecule has 6 aromatic carbocycles. The van der Waals surface area contributed by atoms with Crippen molar-refractivity contribution in [1.29, 1.82) is 0 Å². The number of hydrogen-bond donors (Lipinski definition) is 0. The van der Waals surface area contributed by atoms with Crippen LogP contribution in [-0.4, -0.2) is 0 Å². The normalized spacial score (nSPS) is 11.0. The Kier molecular flexibility index (Phi) is 8.19. The SMILES string of the molecule is C/C=C/c1ccc(N(c2ccc(-c3ccc(N(c4ccccc4)c4cccc(C)c4)cc3)cc2)c2cccc(C)c2)cc1. The topological polar surface area (TPSA) is 6.48 Å². The minimum Gasteiger partial charge on any atom is -0.310 e. The molecule has 210 valence electrons. The van der Waals surface area contributed by atoms with E-state index >= 15 is 0 Å². The molecule has 6 rings (SSSR count). The van der Waals surface area contributed by atoms with Gasteiger partial charge in [0.25, 0.3) is 0 Å². The Morgan fingerprint density at radius 2 is 0.791 bits per heavy atom. The minimum atomic E-state index is 1.12. The first-order chi connectivity index (χ1) is 21.1. The lowest BCUT2D eigenvalue weighted by atomic mass is 10.0. The van der Waals surface area contributed by atoms with Crippen LogP contribution >= 0.6 is 0 Å². The second-order valence-electron chi connectivity index (χ2n) is 10.9. The largest absolute Gasteiger partial charge is 0.310 e. The predicted octanol–water partition coefficient (Wildman–Crippen LogP) is 11.9. The van der Waals surface area contributed by atoms with Crippen molar-refractivity contribution in [1.82, 2.24) is 0 Å². The van der Waals surface area contributed by atoms with E-state index in [2.05, 4.69) is 187 Å². The Morgan fingerprint density at radius 1 is 0.395 bits per heavy atom. The quantitative estimate of drug-likeness (QED) is 0.184. The molecular weight excluding hydrogens is 520 g/mol. The van der Waals surface area contributed by atoms with Crippen molar-refractivity contribution in [3.05, 3.63) is 174 Å². The summed E-state index contributed by atoms with van der Waals surface area (Å²) in [6.07, 6.45) is 4.20. The van der Waals surface area contributed by atoms with E-state index in [1.165, 1.54) is 27.8 Å². The summed E-state index contributed by atoms with van der Waals surface area (Å²) in [6.45, 7) is 6.32. The van der Waals surface area contributed by atoms with Crippen molar-refractivity contribution in [2.45, 2.75) is 20.8 Å². The molecular formula is C41H36N2. The standard InChI is InChI=1S/C41H36N2/c1-4-10-33-17-23-37(24-18-33)43(41-16-9-12-32(3)30-41)39-27-21-35(22-28-39)34-19-25-38(26-20-34)42(36-13-6-5-7-14-36)40-15-8-11-31(2)29-40/h4-30H,1-3H3/b10-4+. The third-order valence-electron chi connectivity index (χ3n) is 7.63. The fourth-order valence-corrected chi connectivity index (χ4v) is 5.54. The van der Waals surface area contributed by atoms with Crippen LogP contribution in [0.5, 0.6) is 0 Å². The molecule has 0 heterocycles. The third kappa shape index (κ3) is 6.29. The first-order valence-electron chi connectivity index (χ1n) is 14.8. The Labute approximate surface area is 255 Å². The maximum atomic E-state index is 2.32. The molecule has 0 N–H and O–H groups in total. The predicted molar refractivity (Wildman–Crippen MR) is 185 cm³/mol. The summed E-state index contributed by atoms with van der Waals surface area (Å²) in [5, 5.41) is 0. The van der Waals surface area contributed by atoms with Crippen LogP contribution in [0.15, 0.2) is 158 Å². The summed E-state index contributed by atoms with van der Waals surface area (Å²) in [4.78, 5) is 4.63. The third-order valence-corrected chi connectivity index (χ3v) is 7.63. The van der Waals surface area contributed by atoms with Crippen LogP contribution in [0.4, 0.5) is 34.1 Å². The first-order valence-corrected chi connectivity index (χ1v) is 14.8. The van der Waals surface area contributed by atoms with Gasteiger partial charge in [-0.1, -0.05) is 91.0 Å². The van der Waals surface area contributed by atoms with Gasteiger partial charge in [-0.15, -0.1) is 0 Å². The van der Waals surface area contributed by atoms with E-state index in [-0.39, 0.29) is 0 Å². The number of aryl methyl sites for hydroxylation is 2. The molecule has 43 heavy (non-hydrogen) atoms. The van der Waals surface area contributed by atoms with Crippen molar-refractivity contribution >= 4 is 40.2 Å². The van der Waals surface area contributed by atoms with Gasteiger partial charge in [-0.05, 0) is 121 Å². The van der Waals surface area contributed by atoms with E-state index < -0.39 is 0 Å². The molecule has 0 aliphatic rings. The molecule has 0 atom stereocenters. The van der Waals surface area contributed by atoms with Gasteiger partial charge >= 0.3 is 0 Å². The van der Waals surface area contributed by atoms with Gasteiger partial charge in [0.15, 0.2) is 0 Å². The Bertz CT molecular complexity index is 1820. The van der Waals surface area contributed by atoms with Crippen LogP contribution in [0.2, 0.25) is 0 Å². The fourth-order valence-electron chi connectivity index (χ4n) is 5.54. The molecule has 2 heteroatoms. The zero-order valence-corrected chi connectivity index (χ0v) is 25.0. The summed E-state index contributed by atoms with van der Waals surface area (Å²) in [5.41, 5.74) is 12.9. The van der Waals surface area contributed by atoms with E-state index in [0.717, 1.165) is 34.1 Å². The molecule has 0 saturated heterocycles. The maximum absolute atomic E-state index is 2.32. The Balaban J connectivity index is 1.32. The zero-order valence-electron chi connectivity index (χ0n) is 25.0. The molecule has 0 radical (unpaired) electrons. The summed E-state index contributed by atoms with van der Waals surface area (Å²) in [6, 6.07) is 54.3. The van der Waals surface area contributed by atoms with Crippen LogP contribution < -0.4 is 9.80 Å². The van der Waals surface area contributed by atoms with Crippen LogP contribution in [0, 0.1) is 13.8 Å². The number of nitrogens with zero attached hydrogens (tertiary/aromatic N) is 2. The van der Waals surface area contributed by atoms with Gasteiger partial charge in [0.2, 0.25) is 0 Å². The number of benzene rings is 6. The molecule has 0 amide bonds. The molecule has 0 aromatic heterocycles. The lowest BCUT2D eigenvalue weighted by Gasteiger charge is -2.26. The van der Waals surface area contributed by atoms with Crippen molar-refractivity contribution in [3.63, 3.8) is 0 Å². The molecule has 0 unspecified atom stereocenters. The lowest BCUT2D eigenvalue weighted by molar-refractivity contribution is 1.27. The van der Waals surface area contributed by atoms with Crippen LogP contribution in [0.1, 0.15) is 23.6 Å². The van der Waals surface area contributed by atoms with Crippen molar-refractivity contribution in [2.75, 3.05) is 9.80 Å². The Morgan fingerprint density at radius 3 is 1.21 bits per heavy atom. The second kappa shape index (κ2) is 12.7. The summed E-state index contributed by atoms with van der Waals surface area (Å²) in [5.74, 6) is 0. The van der Waals surface area contributed by atoms with Crippen LogP contribution in [-0.2, 0) is 0 Å². The van der Waals surface area contributed by atoms with Gasteiger partial charge in [0.1, 0.15) is 0 Å². The van der Waals surface area contributed by atoms with Crippen molar-refractivity contribution < 1.29 is 0 Å². The monoisotopic (exact) mass is 556 g/mol. The van der Waals surface area contributed by atoms with E-state index in [1.54, 1.807) is 0 Å². The number of hydrogen-bond acceptors (Lipinski definition) is 2. The van der Waals surface area contributed by atoms with Gasteiger partial charge in [0.05, 0.1) is 0 Å². The molecule has 0 spiro atoms. The molecule has 0 fully saturated rings. The average Bonchev–Trinajstić information content (AvgIpc) is 3.04. The number of anilines is 6. The van der Waals surface area contributed by atoms with Gasteiger partial charge in [0, 0.05) is 34.1 Å². The lowest BCUT2D eigenvalue weighted by Crippen LogP contribution is -2.10. The molecule has 0 aliphatic carbocycles. The van der Waals surface area contributed by atoms with Gasteiger partial charge in [-0.2, -0.15) is 0 Å². The highest BCUT2D eigenvalue weighted by atomic mass is 15.1. The Hall–Kier alpha value is -5.34. The number of para-hydroxylation sites is 1. The number of allylic oxidation sites excluding steroid dienone is 1. The zero-order chi connectivity index (χ0) is 29.6. The van der Waals surface area contributed by atoms with Gasteiger partial charge in [-0.25, -0.2) is 0 Å². The summed E-state index contributed by atoms with van der Waals surface area (Å²) in [7, 11) is 0. The molecule has 2 nitrogen and oxygen atoms in total. The summed E-state index contributed by atoms with van der Waals surface area (Å²) < 4.78 is 0. The molecule has 6 aromatic rings. The fraction of sp³-hybridized carbons (Fsp3) is 0.0732. The van der Waals surface area contributed by atoms with Gasteiger partial charge in [-0.3, -0.25) is 0 Å². The minimum absolute atomic E-state index is 1.12. The smallest absolute Gasteiger partial charge is 0.0464 e. The highest BCUT2D eigenvalue weighted by Gasteiger charge is 2.15. The van der Waals surface area contributed by atoms with Crippen LogP contribution in [0.25, 0.3) is 17.2 Å². The average molecular weight is 557 g/mol. The number of rotatable bonds is 8. The van der Waals surface area contributed by atoms with Crippen molar-refractivity contribution in [2.24, 2.45) is 0 Å². The first kappa shape index (κ1) is 27.8. The van der Waals surface area contributed by atoms with Crippen LogP contribution in [0.3, 0.4) is 0 Å². The maximum Gasteiger partial charge on any atom is 0.0464 e. The van der Waals surface area contributed by atoms with E-state index in [9.17, 15) is 0 Å². The summed E-state index contributed by atoms with van der Waals surface area (Å²) >= 11 is 0.